The van der Waals surface area contributed by atoms with Gasteiger partial charge in [-0.3, -0.25) is 4.49 Å². The van der Waals surface area contributed by atoms with Crippen LogP contribution in [0, 0.1) is 11.8 Å². The number of fused-ring (bicyclic) bond motifs is 4. The molecule has 4 heteroatoms. The van der Waals surface area contributed by atoms with Crippen molar-refractivity contribution in [3.05, 3.63) is 0 Å². The van der Waals surface area contributed by atoms with E-state index >= 15 is 0 Å². The van der Waals surface area contributed by atoms with E-state index in [0.29, 0.717) is 23.9 Å². The van der Waals surface area contributed by atoms with Gasteiger partial charge < -0.3 is 9.39 Å². The first-order valence-corrected chi connectivity index (χ1v) is 8.00. The fourth-order valence-electron chi connectivity index (χ4n) is 5.21. The van der Waals surface area contributed by atoms with Gasteiger partial charge in [-0.2, -0.15) is 0 Å². The highest BCUT2D eigenvalue weighted by Gasteiger charge is 2.68. The van der Waals surface area contributed by atoms with E-state index in [-0.39, 0.29) is 12.6 Å². The van der Waals surface area contributed by atoms with Crippen molar-refractivity contribution in [1.82, 2.24) is 0 Å². The normalized spacial score (nSPS) is 44.1. The van der Waals surface area contributed by atoms with E-state index in [2.05, 4.69) is 25.3 Å². The van der Waals surface area contributed by atoms with Crippen molar-refractivity contribution in [3.8, 4) is 0 Å². The van der Waals surface area contributed by atoms with Crippen LogP contribution in [0.5, 0.6) is 0 Å². The SMILES string of the molecule is CC1=[N+]2B(O[C@@H]3CCCC[C@@H]3C2(C)C)C2OCCC12. The van der Waals surface area contributed by atoms with Crippen molar-refractivity contribution in [2.45, 2.75) is 70.5 Å². The second-order valence-corrected chi connectivity index (χ2v) is 7.35. The van der Waals surface area contributed by atoms with E-state index in [1.54, 1.807) is 0 Å². The zero-order chi connectivity index (χ0) is 13.2. The minimum absolute atomic E-state index is 0.182. The lowest BCUT2D eigenvalue weighted by molar-refractivity contribution is -0.528. The molecule has 1 saturated carbocycles. The summed E-state index contributed by atoms with van der Waals surface area (Å²) in [5.74, 6) is 1.29. The number of ether oxygens (including phenoxy) is 1. The number of hydrogen-bond donors (Lipinski definition) is 0. The Morgan fingerprint density at radius 3 is 2.84 bits per heavy atom. The summed E-state index contributed by atoms with van der Waals surface area (Å²) >= 11 is 0. The van der Waals surface area contributed by atoms with E-state index < -0.39 is 0 Å². The predicted octanol–water partition coefficient (Wildman–Crippen LogP) is 2.27. The van der Waals surface area contributed by atoms with Crippen LogP contribution in [0.1, 0.15) is 52.9 Å². The Labute approximate surface area is 116 Å². The average molecular weight is 262 g/mol. The molecule has 4 rings (SSSR count). The Bertz CT molecular complexity index is 434. The Morgan fingerprint density at radius 2 is 2.00 bits per heavy atom. The summed E-state index contributed by atoms with van der Waals surface area (Å²) in [6.07, 6.45) is 6.91. The molecule has 2 unspecified atom stereocenters. The molecule has 3 aliphatic heterocycles. The van der Waals surface area contributed by atoms with Crippen LogP contribution >= 0.6 is 0 Å². The summed E-state index contributed by atoms with van der Waals surface area (Å²) in [6, 6.07) is 0.294. The van der Waals surface area contributed by atoms with Crippen LogP contribution in [-0.4, -0.2) is 41.5 Å². The number of rotatable bonds is 0. The van der Waals surface area contributed by atoms with E-state index in [0.717, 1.165) is 6.61 Å². The summed E-state index contributed by atoms with van der Waals surface area (Å²) < 4.78 is 15.1. The van der Waals surface area contributed by atoms with Gasteiger partial charge in [0.05, 0.1) is 12.0 Å². The largest absolute Gasteiger partial charge is 0.686 e. The molecule has 0 aromatic heterocycles. The van der Waals surface area contributed by atoms with Crippen LogP contribution < -0.4 is 0 Å². The summed E-state index contributed by atoms with van der Waals surface area (Å²) in [7, 11) is 0.182. The lowest BCUT2D eigenvalue weighted by Gasteiger charge is -2.45. The van der Waals surface area contributed by atoms with Gasteiger partial charge in [0.15, 0.2) is 6.00 Å². The van der Waals surface area contributed by atoms with Crippen LogP contribution in [-0.2, 0) is 9.39 Å². The lowest BCUT2D eigenvalue weighted by Crippen LogP contribution is -2.63. The maximum atomic E-state index is 6.51. The van der Waals surface area contributed by atoms with Crippen molar-refractivity contribution < 1.29 is 13.9 Å². The molecule has 1 aliphatic carbocycles. The highest BCUT2D eigenvalue weighted by atomic mass is 16.5. The summed E-state index contributed by atoms with van der Waals surface area (Å²) in [4.78, 5) is 0. The number of hydrogen-bond acceptors (Lipinski definition) is 2. The van der Waals surface area contributed by atoms with Crippen molar-refractivity contribution in [1.29, 1.82) is 0 Å². The summed E-state index contributed by atoms with van der Waals surface area (Å²) in [6.45, 7) is 8.07. The van der Waals surface area contributed by atoms with Gasteiger partial charge in [0.2, 0.25) is 0 Å². The standard InChI is InChI=1S/C15H25BNO2/c1-10-11-8-9-18-14(11)16-17(10)15(2,3)12-6-4-5-7-13(12)19-16/h11-14H,4-9H2,1-3H3/q+1/t11?,12-,13+,14?/m0/s1. The fraction of sp³-hybridized carbons (Fsp3) is 0.933. The Morgan fingerprint density at radius 1 is 1.21 bits per heavy atom. The smallest absolute Gasteiger partial charge is 0.374 e. The van der Waals surface area contributed by atoms with Crippen LogP contribution in [0.4, 0.5) is 0 Å². The van der Waals surface area contributed by atoms with Crippen molar-refractivity contribution >= 4 is 12.8 Å². The van der Waals surface area contributed by atoms with Crippen molar-refractivity contribution in [3.63, 3.8) is 0 Å². The molecule has 0 N–H and O–H groups in total. The van der Waals surface area contributed by atoms with E-state index in [1.165, 1.54) is 37.8 Å². The first kappa shape index (κ1) is 12.4. The second-order valence-electron chi connectivity index (χ2n) is 7.35. The molecular weight excluding hydrogens is 237 g/mol. The molecule has 4 aliphatic rings. The zero-order valence-electron chi connectivity index (χ0n) is 12.4. The van der Waals surface area contributed by atoms with Crippen LogP contribution in [0.3, 0.4) is 0 Å². The third kappa shape index (κ3) is 1.56. The maximum Gasteiger partial charge on any atom is 0.686 e. The van der Waals surface area contributed by atoms with E-state index in [9.17, 15) is 0 Å². The van der Waals surface area contributed by atoms with Gasteiger partial charge in [-0.25, -0.2) is 0 Å². The molecular formula is C15H25BNO2+. The molecule has 0 spiro atoms. The molecule has 0 aromatic rings. The summed E-state index contributed by atoms with van der Waals surface area (Å²) in [5, 5.41) is 0. The minimum Gasteiger partial charge on any atom is -0.374 e. The highest BCUT2D eigenvalue weighted by Crippen LogP contribution is 2.45. The molecule has 4 atom stereocenters. The molecule has 0 bridgehead atoms. The van der Waals surface area contributed by atoms with Crippen molar-refractivity contribution in [2.75, 3.05) is 6.61 Å². The Hall–Kier alpha value is -0.345. The first-order valence-electron chi connectivity index (χ1n) is 8.00. The quantitative estimate of drug-likeness (QED) is 0.624. The van der Waals surface area contributed by atoms with Gasteiger partial charge in [0, 0.05) is 19.4 Å². The first-order chi connectivity index (χ1) is 9.10. The molecule has 2 saturated heterocycles. The van der Waals surface area contributed by atoms with Gasteiger partial charge in [0.25, 0.3) is 0 Å². The zero-order valence-corrected chi connectivity index (χ0v) is 12.4. The third-order valence-electron chi connectivity index (χ3n) is 6.13. The van der Waals surface area contributed by atoms with Gasteiger partial charge in [-0.1, -0.05) is 12.8 Å². The minimum atomic E-state index is 0.182. The molecule has 0 radical (unpaired) electrons. The number of nitrogens with zero attached hydrogens (tertiary/aromatic N) is 1. The lowest BCUT2D eigenvalue weighted by atomic mass is 9.62. The molecule has 0 amide bonds. The molecule has 104 valence electrons. The van der Waals surface area contributed by atoms with E-state index in [1.807, 2.05) is 0 Å². The monoisotopic (exact) mass is 262 g/mol. The van der Waals surface area contributed by atoms with Gasteiger partial charge >= 0.3 is 7.05 Å². The van der Waals surface area contributed by atoms with Crippen LogP contribution in [0.2, 0.25) is 0 Å². The van der Waals surface area contributed by atoms with Gasteiger partial charge in [0.1, 0.15) is 11.3 Å². The molecule has 19 heavy (non-hydrogen) atoms. The van der Waals surface area contributed by atoms with Crippen LogP contribution in [0.15, 0.2) is 0 Å². The molecule has 3 fully saturated rings. The third-order valence-corrected chi connectivity index (χ3v) is 6.13. The molecule has 3 heterocycles. The predicted molar refractivity (Wildman–Crippen MR) is 75.5 cm³/mol. The van der Waals surface area contributed by atoms with Gasteiger partial charge in [-0.15, -0.1) is 0 Å². The van der Waals surface area contributed by atoms with E-state index in [4.69, 9.17) is 9.39 Å². The highest BCUT2D eigenvalue weighted by molar-refractivity contribution is 6.48. The average Bonchev–Trinajstić information content (AvgIpc) is 2.94. The summed E-state index contributed by atoms with van der Waals surface area (Å²) in [5.41, 5.74) is 1.74. The molecule has 0 aromatic carbocycles. The van der Waals surface area contributed by atoms with Crippen LogP contribution in [0.25, 0.3) is 0 Å². The van der Waals surface area contributed by atoms with Crippen molar-refractivity contribution in [2.24, 2.45) is 11.8 Å². The fourth-order valence-corrected chi connectivity index (χ4v) is 5.21. The topological polar surface area (TPSA) is 21.5 Å². The maximum absolute atomic E-state index is 6.51. The second kappa shape index (κ2) is 4.08. The van der Waals surface area contributed by atoms with Gasteiger partial charge in [-0.05, 0) is 33.1 Å². The molecule has 3 nitrogen and oxygen atoms in total. The Balaban J connectivity index is 1.76. The Kier molecular flexibility index (Phi) is 2.66.